The maximum absolute atomic E-state index is 10.8. The number of rotatable bonds is 9. The molecule has 1 heterocycles. The third-order valence-electron chi connectivity index (χ3n) is 7.23. The van der Waals surface area contributed by atoms with E-state index in [9.17, 15) is 25.4 Å². The van der Waals surface area contributed by atoms with Crippen molar-refractivity contribution in [2.24, 2.45) is 17.3 Å². The number of hydrogen-bond donors (Lipinski definition) is 3. The number of aromatic nitrogens is 1. The van der Waals surface area contributed by atoms with Crippen LogP contribution in [-0.4, -0.2) is 45.1 Å². The lowest BCUT2D eigenvalue weighted by molar-refractivity contribution is -0.0735. The van der Waals surface area contributed by atoms with Crippen LogP contribution in [0.1, 0.15) is 64.9 Å². The zero-order valence-corrected chi connectivity index (χ0v) is 19.4. The van der Waals surface area contributed by atoms with Gasteiger partial charge in [-0.1, -0.05) is 42.4 Å². The molecule has 2 fully saturated rings. The Balaban J connectivity index is 1.46. The van der Waals surface area contributed by atoms with Gasteiger partial charge in [-0.25, -0.2) is 4.98 Å². The fraction of sp³-hybridized carbons (Fsp3) is 0.542. The second-order valence-electron chi connectivity index (χ2n) is 8.96. The van der Waals surface area contributed by atoms with Gasteiger partial charge in [0, 0.05) is 23.3 Å². The summed E-state index contributed by atoms with van der Waals surface area (Å²) in [5.74, 6) is 0.437. The smallest absolute Gasteiger partial charge is 0.161 e. The van der Waals surface area contributed by atoms with E-state index in [2.05, 4.69) is 11.1 Å². The Morgan fingerprint density at radius 1 is 1.34 bits per heavy atom. The van der Waals surface area contributed by atoms with Crippen molar-refractivity contribution in [3.63, 3.8) is 0 Å². The van der Waals surface area contributed by atoms with E-state index >= 15 is 0 Å². The molecule has 6 nitrogen and oxygen atoms in total. The molecule has 32 heavy (non-hydrogen) atoms. The number of nitrogens with zero attached hydrogens (tertiary/aromatic N) is 2. The SMILES string of the molecule is N#C[C@@H]1C[C@@H](O)C(c2ccc(C(O)C3(CO)CCC3)cc2)C1CCSc1ncc(C=O)s1. The van der Waals surface area contributed by atoms with E-state index in [-0.39, 0.29) is 24.4 Å². The lowest BCUT2D eigenvalue weighted by Gasteiger charge is -2.44. The number of nitriles is 1. The largest absolute Gasteiger partial charge is 0.396 e. The molecule has 0 radical (unpaired) electrons. The number of carbonyl (C=O) groups excluding carboxylic acids is 1. The van der Waals surface area contributed by atoms with Crippen LogP contribution in [0.2, 0.25) is 0 Å². The zero-order valence-electron chi connectivity index (χ0n) is 17.8. The molecular formula is C24H28N2O4S2. The highest BCUT2D eigenvalue weighted by molar-refractivity contribution is 8.01. The van der Waals surface area contributed by atoms with Crippen LogP contribution in [-0.2, 0) is 0 Å². The molecule has 0 amide bonds. The fourth-order valence-corrected chi connectivity index (χ4v) is 7.12. The van der Waals surface area contributed by atoms with Gasteiger partial charge in [0.25, 0.3) is 0 Å². The summed E-state index contributed by atoms with van der Waals surface area (Å²) in [6, 6.07) is 10.1. The average Bonchev–Trinajstić information content (AvgIpc) is 3.37. The summed E-state index contributed by atoms with van der Waals surface area (Å²) in [4.78, 5) is 15.7. The first-order valence-electron chi connectivity index (χ1n) is 11.0. The Morgan fingerprint density at radius 2 is 2.09 bits per heavy atom. The molecule has 1 aromatic carbocycles. The maximum Gasteiger partial charge on any atom is 0.161 e. The van der Waals surface area contributed by atoms with Gasteiger partial charge < -0.3 is 15.3 Å². The molecule has 3 unspecified atom stereocenters. The van der Waals surface area contributed by atoms with Gasteiger partial charge in [-0.15, -0.1) is 11.3 Å². The molecule has 170 valence electrons. The summed E-state index contributed by atoms with van der Waals surface area (Å²) in [5.41, 5.74) is 1.33. The van der Waals surface area contributed by atoms with E-state index in [0.717, 1.165) is 53.2 Å². The molecule has 2 aliphatic rings. The molecule has 0 bridgehead atoms. The van der Waals surface area contributed by atoms with Crippen LogP contribution in [0.4, 0.5) is 0 Å². The second-order valence-corrected chi connectivity index (χ2v) is 11.4. The van der Waals surface area contributed by atoms with Crippen molar-refractivity contribution in [2.45, 2.75) is 54.6 Å². The van der Waals surface area contributed by atoms with Gasteiger partial charge in [-0.3, -0.25) is 4.79 Å². The lowest BCUT2D eigenvalue weighted by Crippen LogP contribution is -2.39. The highest BCUT2D eigenvalue weighted by atomic mass is 32.2. The van der Waals surface area contributed by atoms with Crippen molar-refractivity contribution in [1.82, 2.24) is 4.98 Å². The number of aliphatic hydroxyl groups is 3. The molecule has 1 aromatic heterocycles. The molecule has 0 aliphatic heterocycles. The number of carbonyl (C=O) groups is 1. The third kappa shape index (κ3) is 4.50. The minimum atomic E-state index is -0.697. The highest BCUT2D eigenvalue weighted by Gasteiger charge is 2.45. The maximum atomic E-state index is 10.8. The van der Waals surface area contributed by atoms with Crippen molar-refractivity contribution >= 4 is 29.4 Å². The summed E-state index contributed by atoms with van der Waals surface area (Å²) in [5, 5.41) is 41.0. The van der Waals surface area contributed by atoms with E-state index in [4.69, 9.17) is 0 Å². The van der Waals surface area contributed by atoms with Gasteiger partial charge in [-0.2, -0.15) is 5.26 Å². The predicted molar refractivity (Wildman–Crippen MR) is 124 cm³/mol. The fourth-order valence-electron chi connectivity index (χ4n) is 5.19. The van der Waals surface area contributed by atoms with Crippen LogP contribution in [0.15, 0.2) is 34.8 Å². The van der Waals surface area contributed by atoms with E-state index < -0.39 is 17.6 Å². The van der Waals surface area contributed by atoms with Crippen LogP contribution >= 0.6 is 23.1 Å². The molecule has 5 atom stereocenters. The van der Waals surface area contributed by atoms with Crippen LogP contribution in [0, 0.1) is 28.6 Å². The summed E-state index contributed by atoms with van der Waals surface area (Å²) < 4.78 is 0.836. The predicted octanol–water partition coefficient (Wildman–Crippen LogP) is 3.94. The van der Waals surface area contributed by atoms with Gasteiger partial charge >= 0.3 is 0 Å². The normalized spacial score (nSPS) is 27.4. The first-order valence-corrected chi connectivity index (χ1v) is 12.8. The Kier molecular flexibility index (Phi) is 7.33. The van der Waals surface area contributed by atoms with Gasteiger partial charge in [-0.05, 0) is 42.7 Å². The summed E-state index contributed by atoms with van der Waals surface area (Å²) in [6.45, 7) is -0.0196. The molecule has 2 saturated carbocycles. The van der Waals surface area contributed by atoms with Gasteiger partial charge in [0.2, 0.25) is 0 Å². The van der Waals surface area contributed by atoms with E-state index in [0.29, 0.717) is 11.3 Å². The van der Waals surface area contributed by atoms with E-state index in [1.807, 2.05) is 24.3 Å². The monoisotopic (exact) mass is 472 g/mol. The lowest BCUT2D eigenvalue weighted by atomic mass is 9.64. The minimum absolute atomic E-state index is 0.0196. The Labute approximate surface area is 196 Å². The standard InChI is InChI=1S/C24H28N2O4S2/c25-11-17-10-20(29)21(19(17)6-9-31-23-26-12-18(13-27)32-23)15-2-4-16(5-3-15)22(30)24(14-28)7-1-8-24/h2-5,12-13,17,19-22,28-30H,1,6-10,14H2/t17-,19?,20+,21?,22?/m0/s1. The topological polar surface area (TPSA) is 114 Å². The Hall–Kier alpha value is -1.76. The number of benzene rings is 1. The number of thioether (sulfide) groups is 1. The van der Waals surface area contributed by atoms with Crippen molar-refractivity contribution in [3.05, 3.63) is 46.5 Å². The highest BCUT2D eigenvalue weighted by Crippen LogP contribution is 2.50. The van der Waals surface area contributed by atoms with Crippen LogP contribution in [0.5, 0.6) is 0 Å². The van der Waals surface area contributed by atoms with Crippen LogP contribution in [0.3, 0.4) is 0 Å². The summed E-state index contributed by atoms with van der Waals surface area (Å²) in [7, 11) is 0. The molecule has 2 aliphatic carbocycles. The Bertz CT molecular complexity index is 962. The molecule has 2 aromatic rings. The van der Waals surface area contributed by atoms with Crippen molar-refractivity contribution in [2.75, 3.05) is 12.4 Å². The Morgan fingerprint density at radius 3 is 2.66 bits per heavy atom. The van der Waals surface area contributed by atoms with Crippen molar-refractivity contribution in [1.29, 1.82) is 5.26 Å². The molecule has 0 spiro atoms. The number of aldehydes is 1. The molecule has 3 N–H and O–H groups in total. The summed E-state index contributed by atoms with van der Waals surface area (Å²) in [6.07, 6.45) is 4.98. The first kappa shape index (κ1) is 23.4. The number of thiazole rings is 1. The molecule has 0 saturated heterocycles. The van der Waals surface area contributed by atoms with Crippen molar-refractivity contribution in [3.8, 4) is 6.07 Å². The minimum Gasteiger partial charge on any atom is -0.396 e. The zero-order chi connectivity index (χ0) is 22.7. The van der Waals surface area contributed by atoms with Crippen LogP contribution < -0.4 is 0 Å². The first-order chi connectivity index (χ1) is 15.5. The summed E-state index contributed by atoms with van der Waals surface area (Å²) >= 11 is 2.94. The van der Waals surface area contributed by atoms with Crippen molar-refractivity contribution < 1.29 is 20.1 Å². The second kappa shape index (κ2) is 10.0. The van der Waals surface area contributed by atoms with E-state index in [1.54, 1.807) is 18.0 Å². The molecule has 4 rings (SSSR count). The molecule has 8 heteroatoms. The van der Waals surface area contributed by atoms with Gasteiger partial charge in [0.15, 0.2) is 6.29 Å². The average molecular weight is 473 g/mol. The van der Waals surface area contributed by atoms with Gasteiger partial charge in [0.05, 0.1) is 35.7 Å². The molecular weight excluding hydrogens is 444 g/mol. The van der Waals surface area contributed by atoms with E-state index in [1.165, 1.54) is 11.3 Å². The van der Waals surface area contributed by atoms with Gasteiger partial charge in [0.1, 0.15) is 4.34 Å². The third-order valence-corrected chi connectivity index (χ3v) is 9.34. The quantitative estimate of drug-likeness (QED) is 0.374. The number of hydrogen-bond acceptors (Lipinski definition) is 8. The van der Waals surface area contributed by atoms with Crippen LogP contribution in [0.25, 0.3) is 0 Å². The number of aliphatic hydroxyl groups excluding tert-OH is 3.